The summed E-state index contributed by atoms with van der Waals surface area (Å²) in [6.45, 7) is 0. The molecule has 0 radical (unpaired) electrons. The molecular formula is C42H34N6. The van der Waals surface area contributed by atoms with E-state index in [-0.39, 0.29) is 0 Å². The van der Waals surface area contributed by atoms with Gasteiger partial charge in [0.2, 0.25) is 11.9 Å². The van der Waals surface area contributed by atoms with Gasteiger partial charge in [-0.25, -0.2) is 0 Å². The van der Waals surface area contributed by atoms with Gasteiger partial charge >= 0.3 is 0 Å². The van der Waals surface area contributed by atoms with E-state index in [4.69, 9.17) is 15.0 Å². The van der Waals surface area contributed by atoms with Gasteiger partial charge in [-0.05, 0) is 74.3 Å². The van der Waals surface area contributed by atoms with Crippen LogP contribution in [0.1, 0.15) is 32.1 Å². The van der Waals surface area contributed by atoms with Gasteiger partial charge in [0, 0.05) is 44.9 Å². The highest BCUT2D eigenvalue weighted by atomic mass is 15.3. The molecule has 12 rings (SSSR count). The van der Waals surface area contributed by atoms with Gasteiger partial charge in [0.05, 0.1) is 22.1 Å². The number of para-hydroxylation sites is 3. The lowest BCUT2D eigenvalue weighted by molar-refractivity contribution is 0.0900. The number of nitrogens with zero attached hydrogens (tertiary/aromatic N) is 6. The van der Waals surface area contributed by atoms with Crippen LogP contribution in [-0.4, -0.2) is 36.2 Å². The molecule has 5 heterocycles. The quantitative estimate of drug-likeness (QED) is 0.196. The number of benzene rings is 5. The monoisotopic (exact) mass is 622 g/mol. The zero-order valence-electron chi connectivity index (χ0n) is 26.6. The summed E-state index contributed by atoms with van der Waals surface area (Å²) in [4.78, 5) is 18.5. The Balaban J connectivity index is 1.18. The van der Waals surface area contributed by atoms with E-state index >= 15 is 0 Å². The first kappa shape index (κ1) is 26.6. The summed E-state index contributed by atoms with van der Waals surface area (Å²) in [5.74, 6) is 3.73. The minimum atomic E-state index is 0.614. The van der Waals surface area contributed by atoms with Crippen molar-refractivity contribution in [2.75, 3.05) is 4.90 Å². The summed E-state index contributed by atoms with van der Waals surface area (Å²) in [6, 6.07) is 44.5. The summed E-state index contributed by atoms with van der Waals surface area (Å²) >= 11 is 0. The highest BCUT2D eigenvalue weighted by Crippen LogP contribution is 2.51. The van der Waals surface area contributed by atoms with Crippen molar-refractivity contribution in [3.05, 3.63) is 121 Å². The van der Waals surface area contributed by atoms with Gasteiger partial charge in [-0.15, -0.1) is 0 Å². The molecule has 2 saturated heterocycles. The molecule has 6 nitrogen and oxygen atoms in total. The summed E-state index contributed by atoms with van der Waals surface area (Å²) < 4.78 is 4.47. The second-order valence-corrected chi connectivity index (χ2v) is 14.2. The smallest absolute Gasteiger partial charge is 0.240 e. The molecule has 232 valence electrons. The number of fused-ring (bicyclic) bond motifs is 6. The molecule has 2 saturated carbocycles. The third-order valence-electron chi connectivity index (χ3n) is 11.5. The van der Waals surface area contributed by atoms with Crippen molar-refractivity contribution >= 4 is 49.3 Å². The van der Waals surface area contributed by atoms with Gasteiger partial charge in [0.25, 0.3) is 0 Å². The van der Waals surface area contributed by atoms with Gasteiger partial charge < -0.3 is 4.90 Å². The molecule has 0 atom stereocenters. The molecule has 3 aromatic heterocycles. The Kier molecular flexibility index (Phi) is 5.54. The van der Waals surface area contributed by atoms with E-state index in [9.17, 15) is 0 Å². The summed E-state index contributed by atoms with van der Waals surface area (Å²) in [7, 11) is 0. The highest BCUT2D eigenvalue weighted by Gasteiger charge is 2.47. The number of anilines is 1. The first-order chi connectivity index (χ1) is 23.8. The molecule has 4 bridgehead atoms. The summed E-state index contributed by atoms with van der Waals surface area (Å²) in [6.07, 6.45) is 6.80. The van der Waals surface area contributed by atoms with Crippen LogP contribution in [-0.2, 0) is 0 Å². The standard InChI is InChI=1S/C42H34N6/c1-2-10-28(11-3-1)40-43-41(47-36-15-7-4-12-32(36)33-13-5-8-16-37(33)47)45-42(44-40)48-38-17-9-6-14-34(38)35-19-18-29(25-39(35)48)46-30-21-26-20-27(23-30)24-31(46)22-26/h1-19,25-27,30-31H,20-24H2. The first-order valence-electron chi connectivity index (χ1n) is 17.4. The predicted octanol–water partition coefficient (Wildman–Crippen LogP) is 9.50. The Morgan fingerprint density at radius 1 is 0.438 bits per heavy atom. The zero-order chi connectivity index (χ0) is 31.3. The van der Waals surface area contributed by atoms with Gasteiger partial charge in [-0.2, -0.15) is 15.0 Å². The van der Waals surface area contributed by atoms with Crippen molar-refractivity contribution in [3.8, 4) is 23.3 Å². The Bertz CT molecular complexity index is 2460. The fourth-order valence-electron chi connectivity index (χ4n) is 9.70. The summed E-state index contributed by atoms with van der Waals surface area (Å²) in [5.41, 5.74) is 6.69. The number of hydrogen-bond acceptors (Lipinski definition) is 4. The number of hydrogen-bond donors (Lipinski definition) is 0. The molecule has 4 aliphatic rings. The minimum absolute atomic E-state index is 0.614. The van der Waals surface area contributed by atoms with Crippen LogP contribution in [0.3, 0.4) is 0 Å². The van der Waals surface area contributed by atoms with E-state index in [1.165, 1.54) is 59.3 Å². The Labute approximate surface area is 278 Å². The minimum Gasteiger partial charge on any atom is -0.365 e. The molecule has 8 aromatic rings. The normalized spacial score (nSPS) is 21.7. The molecule has 4 fully saturated rings. The first-order valence-corrected chi connectivity index (χ1v) is 17.4. The van der Waals surface area contributed by atoms with Crippen LogP contribution in [0.15, 0.2) is 121 Å². The number of aromatic nitrogens is 5. The average Bonchev–Trinajstić information content (AvgIpc) is 3.64. The average molecular weight is 623 g/mol. The number of piperidine rings is 2. The van der Waals surface area contributed by atoms with E-state index in [2.05, 4.69) is 117 Å². The predicted molar refractivity (Wildman–Crippen MR) is 194 cm³/mol. The molecule has 2 aliphatic carbocycles. The maximum absolute atomic E-state index is 5.35. The second-order valence-electron chi connectivity index (χ2n) is 14.2. The topological polar surface area (TPSA) is 51.8 Å². The van der Waals surface area contributed by atoms with Crippen LogP contribution in [0.2, 0.25) is 0 Å². The van der Waals surface area contributed by atoms with Crippen LogP contribution in [0, 0.1) is 11.8 Å². The van der Waals surface area contributed by atoms with Gasteiger partial charge in [-0.1, -0.05) is 91.0 Å². The Hall–Kier alpha value is -5.49. The van der Waals surface area contributed by atoms with Crippen molar-refractivity contribution in [1.82, 2.24) is 24.1 Å². The van der Waals surface area contributed by atoms with Crippen molar-refractivity contribution in [1.29, 1.82) is 0 Å². The maximum atomic E-state index is 5.35. The van der Waals surface area contributed by atoms with Crippen LogP contribution >= 0.6 is 0 Å². The molecule has 0 amide bonds. The van der Waals surface area contributed by atoms with E-state index in [0.29, 0.717) is 29.8 Å². The Morgan fingerprint density at radius 3 is 1.48 bits per heavy atom. The van der Waals surface area contributed by atoms with Crippen LogP contribution in [0.4, 0.5) is 5.69 Å². The third-order valence-corrected chi connectivity index (χ3v) is 11.5. The van der Waals surface area contributed by atoms with Crippen molar-refractivity contribution in [3.63, 3.8) is 0 Å². The molecule has 48 heavy (non-hydrogen) atoms. The molecule has 2 aliphatic heterocycles. The maximum Gasteiger partial charge on any atom is 0.240 e. The largest absolute Gasteiger partial charge is 0.365 e. The Morgan fingerprint density at radius 2 is 0.917 bits per heavy atom. The molecule has 5 aromatic carbocycles. The van der Waals surface area contributed by atoms with Gasteiger partial charge in [0.15, 0.2) is 5.82 Å². The molecule has 0 spiro atoms. The van der Waals surface area contributed by atoms with Gasteiger partial charge in [-0.3, -0.25) is 9.13 Å². The molecular weight excluding hydrogens is 589 g/mol. The van der Waals surface area contributed by atoms with E-state index in [1.54, 1.807) is 0 Å². The van der Waals surface area contributed by atoms with E-state index in [0.717, 1.165) is 39.5 Å². The summed E-state index contributed by atoms with van der Waals surface area (Å²) in [5, 5.41) is 4.80. The fourth-order valence-corrected chi connectivity index (χ4v) is 9.70. The van der Waals surface area contributed by atoms with Crippen LogP contribution in [0.25, 0.3) is 66.9 Å². The third kappa shape index (κ3) is 3.83. The van der Waals surface area contributed by atoms with Gasteiger partial charge in [0.1, 0.15) is 0 Å². The highest BCUT2D eigenvalue weighted by molar-refractivity contribution is 6.10. The lowest BCUT2D eigenvalue weighted by Crippen LogP contribution is -2.58. The van der Waals surface area contributed by atoms with E-state index < -0.39 is 0 Å². The lowest BCUT2D eigenvalue weighted by atomic mass is 9.63. The van der Waals surface area contributed by atoms with E-state index in [1.807, 2.05) is 18.2 Å². The fraction of sp³-hybridized carbons (Fsp3) is 0.214. The molecule has 6 heteroatoms. The lowest BCUT2D eigenvalue weighted by Gasteiger charge is -2.57. The number of rotatable bonds is 4. The van der Waals surface area contributed by atoms with Crippen molar-refractivity contribution < 1.29 is 0 Å². The second kappa shape index (κ2) is 10.0. The van der Waals surface area contributed by atoms with Crippen molar-refractivity contribution in [2.24, 2.45) is 11.8 Å². The molecule has 0 N–H and O–H groups in total. The van der Waals surface area contributed by atoms with Crippen molar-refractivity contribution in [2.45, 2.75) is 44.2 Å². The SMILES string of the molecule is c1ccc(-c2nc(-n3c4ccccc4c4ccccc43)nc(-n3c4ccccc4c4ccc(N5C6CC7CC(C6)CC5C7)cc43)n2)cc1. The molecule has 0 unspecified atom stereocenters. The van der Waals surface area contributed by atoms with Crippen LogP contribution < -0.4 is 4.90 Å². The van der Waals surface area contributed by atoms with Crippen LogP contribution in [0.5, 0.6) is 0 Å². The zero-order valence-corrected chi connectivity index (χ0v) is 26.6.